The minimum absolute atomic E-state index is 0.0560. The van der Waals surface area contributed by atoms with Crippen LogP contribution in [0, 0.1) is 16.9 Å². The van der Waals surface area contributed by atoms with Crippen LogP contribution < -0.4 is 10.6 Å². The number of nitrogens with zero attached hydrogens (tertiary/aromatic N) is 2. The van der Waals surface area contributed by atoms with Crippen molar-refractivity contribution < 1.29 is 4.79 Å². The zero-order chi connectivity index (χ0) is 16.3. The van der Waals surface area contributed by atoms with Crippen LogP contribution in [-0.4, -0.2) is 16.9 Å². The molecular formula is C17H24N4OS. The molecule has 1 amide bonds. The van der Waals surface area contributed by atoms with E-state index < -0.39 is 0 Å². The predicted octanol–water partition coefficient (Wildman–Crippen LogP) is 3.76. The Kier molecular flexibility index (Phi) is 4.86. The van der Waals surface area contributed by atoms with Crippen LogP contribution in [0.1, 0.15) is 69.1 Å². The van der Waals surface area contributed by atoms with Gasteiger partial charge in [0.05, 0.1) is 5.41 Å². The molecule has 0 saturated heterocycles. The SMILES string of the molecule is CCC1(C(=O)Nc2ncc(C3CCCCC3)s2)CC(NC#N)C1. The van der Waals surface area contributed by atoms with Gasteiger partial charge >= 0.3 is 0 Å². The van der Waals surface area contributed by atoms with Gasteiger partial charge in [0.1, 0.15) is 0 Å². The highest BCUT2D eigenvalue weighted by Gasteiger charge is 2.48. The predicted molar refractivity (Wildman–Crippen MR) is 91.1 cm³/mol. The van der Waals surface area contributed by atoms with Gasteiger partial charge in [-0.3, -0.25) is 4.79 Å². The van der Waals surface area contributed by atoms with Crippen LogP contribution in [0.5, 0.6) is 0 Å². The van der Waals surface area contributed by atoms with E-state index in [2.05, 4.69) is 15.6 Å². The van der Waals surface area contributed by atoms with E-state index in [-0.39, 0.29) is 17.4 Å². The van der Waals surface area contributed by atoms with Crippen LogP contribution >= 0.6 is 11.3 Å². The highest BCUT2D eigenvalue weighted by atomic mass is 32.1. The van der Waals surface area contributed by atoms with Crippen molar-refractivity contribution in [1.82, 2.24) is 10.3 Å². The van der Waals surface area contributed by atoms with E-state index in [9.17, 15) is 4.79 Å². The Morgan fingerprint density at radius 1 is 1.43 bits per heavy atom. The Morgan fingerprint density at radius 2 is 2.17 bits per heavy atom. The molecule has 2 saturated carbocycles. The summed E-state index contributed by atoms with van der Waals surface area (Å²) in [5.74, 6) is 0.681. The number of rotatable bonds is 5. The average molecular weight is 332 g/mol. The number of nitrogens with one attached hydrogen (secondary N) is 2. The third kappa shape index (κ3) is 3.35. The first kappa shape index (κ1) is 16.3. The second-order valence-electron chi connectivity index (χ2n) is 6.85. The monoisotopic (exact) mass is 332 g/mol. The molecule has 124 valence electrons. The lowest BCUT2D eigenvalue weighted by Gasteiger charge is -2.44. The van der Waals surface area contributed by atoms with Gasteiger partial charge in [-0.15, -0.1) is 11.3 Å². The molecule has 0 aliphatic heterocycles. The summed E-state index contributed by atoms with van der Waals surface area (Å²) < 4.78 is 0. The third-order valence-corrected chi connectivity index (χ3v) is 6.53. The van der Waals surface area contributed by atoms with E-state index in [0.29, 0.717) is 5.92 Å². The Morgan fingerprint density at radius 3 is 2.83 bits per heavy atom. The molecule has 2 aliphatic carbocycles. The summed E-state index contributed by atoms with van der Waals surface area (Å²) in [7, 11) is 0. The summed E-state index contributed by atoms with van der Waals surface area (Å²) in [6.45, 7) is 2.04. The van der Waals surface area contributed by atoms with Gasteiger partial charge in [0.25, 0.3) is 0 Å². The second-order valence-corrected chi connectivity index (χ2v) is 7.91. The van der Waals surface area contributed by atoms with E-state index in [1.807, 2.05) is 19.3 Å². The van der Waals surface area contributed by atoms with Gasteiger partial charge in [0.2, 0.25) is 5.91 Å². The molecule has 0 spiro atoms. The number of thiazole rings is 1. The molecule has 0 bridgehead atoms. The molecule has 0 aromatic carbocycles. The first-order valence-electron chi connectivity index (χ1n) is 8.58. The van der Waals surface area contributed by atoms with E-state index in [0.717, 1.165) is 24.4 Å². The first-order chi connectivity index (χ1) is 11.2. The highest BCUT2D eigenvalue weighted by Crippen LogP contribution is 2.45. The van der Waals surface area contributed by atoms with Crippen molar-refractivity contribution >= 4 is 22.4 Å². The highest BCUT2D eigenvalue weighted by molar-refractivity contribution is 7.15. The van der Waals surface area contributed by atoms with Crippen LogP contribution in [0.4, 0.5) is 5.13 Å². The summed E-state index contributed by atoms with van der Waals surface area (Å²) in [5, 5.41) is 15.2. The molecule has 23 heavy (non-hydrogen) atoms. The third-order valence-electron chi connectivity index (χ3n) is 5.45. The molecule has 2 fully saturated rings. The van der Waals surface area contributed by atoms with Crippen LogP contribution in [0.3, 0.4) is 0 Å². The first-order valence-corrected chi connectivity index (χ1v) is 9.40. The number of anilines is 1. The lowest BCUT2D eigenvalue weighted by Crippen LogP contribution is -2.53. The minimum Gasteiger partial charge on any atom is -0.321 e. The molecular weight excluding hydrogens is 308 g/mol. The van der Waals surface area contributed by atoms with Gasteiger partial charge in [0, 0.05) is 17.1 Å². The largest absolute Gasteiger partial charge is 0.321 e. The fourth-order valence-electron chi connectivity index (χ4n) is 3.86. The van der Waals surface area contributed by atoms with E-state index >= 15 is 0 Å². The maximum Gasteiger partial charge on any atom is 0.232 e. The van der Waals surface area contributed by atoms with Crippen LogP contribution in [0.15, 0.2) is 6.20 Å². The molecule has 0 unspecified atom stereocenters. The molecule has 2 aliphatic rings. The molecule has 1 aromatic rings. The molecule has 5 nitrogen and oxygen atoms in total. The van der Waals surface area contributed by atoms with E-state index in [1.54, 1.807) is 11.3 Å². The number of hydrogen-bond acceptors (Lipinski definition) is 5. The normalized spacial score (nSPS) is 27.7. The Bertz CT molecular complexity index is 594. The fourth-order valence-corrected chi connectivity index (χ4v) is 4.84. The number of carbonyl (C=O) groups is 1. The zero-order valence-corrected chi connectivity index (χ0v) is 14.4. The van der Waals surface area contributed by atoms with Crippen molar-refractivity contribution in [2.45, 2.75) is 70.3 Å². The van der Waals surface area contributed by atoms with Crippen molar-refractivity contribution in [2.75, 3.05) is 5.32 Å². The van der Waals surface area contributed by atoms with Gasteiger partial charge in [-0.25, -0.2) is 4.98 Å². The molecule has 0 atom stereocenters. The summed E-state index contributed by atoms with van der Waals surface area (Å²) in [5.41, 5.74) is -0.342. The quantitative estimate of drug-likeness (QED) is 0.636. The Hall–Kier alpha value is -1.61. The molecule has 1 heterocycles. The Balaban J connectivity index is 1.59. The average Bonchev–Trinajstić information content (AvgIpc) is 3.00. The summed E-state index contributed by atoms with van der Waals surface area (Å²) in [4.78, 5) is 18.3. The number of aromatic nitrogens is 1. The number of amides is 1. The van der Waals surface area contributed by atoms with Gasteiger partial charge < -0.3 is 10.6 Å². The minimum atomic E-state index is -0.342. The number of nitriles is 1. The Labute approximate surface area is 141 Å². The van der Waals surface area contributed by atoms with Crippen LogP contribution in [0.2, 0.25) is 0 Å². The zero-order valence-electron chi connectivity index (χ0n) is 13.6. The van der Waals surface area contributed by atoms with Crippen molar-refractivity contribution in [3.8, 4) is 6.19 Å². The van der Waals surface area contributed by atoms with Crippen molar-refractivity contribution in [3.05, 3.63) is 11.1 Å². The standard InChI is InChI=1S/C17H24N4OS/c1-2-17(8-13(9-17)20-11-18)15(22)21-16-19-10-14(23-16)12-6-4-3-5-7-12/h10,12-13,20H,2-9H2,1H3,(H,19,21,22). The van der Waals surface area contributed by atoms with Crippen molar-refractivity contribution in [3.63, 3.8) is 0 Å². The maximum absolute atomic E-state index is 12.6. The number of carbonyl (C=O) groups excluding carboxylic acids is 1. The fraction of sp³-hybridized carbons (Fsp3) is 0.706. The summed E-state index contributed by atoms with van der Waals surface area (Å²) in [6.07, 6.45) is 12.6. The van der Waals surface area contributed by atoms with Crippen molar-refractivity contribution in [2.24, 2.45) is 5.41 Å². The molecule has 2 N–H and O–H groups in total. The van der Waals surface area contributed by atoms with Crippen LogP contribution in [-0.2, 0) is 4.79 Å². The van der Waals surface area contributed by atoms with Gasteiger partial charge in [-0.1, -0.05) is 26.2 Å². The van der Waals surface area contributed by atoms with Gasteiger partial charge in [-0.05, 0) is 38.0 Å². The van der Waals surface area contributed by atoms with E-state index in [4.69, 9.17) is 5.26 Å². The summed E-state index contributed by atoms with van der Waals surface area (Å²) in [6, 6.07) is 0.139. The summed E-state index contributed by atoms with van der Waals surface area (Å²) >= 11 is 1.63. The van der Waals surface area contributed by atoms with Crippen molar-refractivity contribution in [1.29, 1.82) is 5.26 Å². The van der Waals surface area contributed by atoms with Gasteiger partial charge in [0.15, 0.2) is 11.3 Å². The molecule has 6 heteroatoms. The lowest BCUT2D eigenvalue weighted by molar-refractivity contribution is -0.132. The second kappa shape index (κ2) is 6.88. The molecule has 1 aromatic heterocycles. The number of hydrogen-bond donors (Lipinski definition) is 2. The lowest BCUT2D eigenvalue weighted by atomic mass is 9.63. The van der Waals surface area contributed by atoms with Crippen LogP contribution in [0.25, 0.3) is 0 Å². The smallest absolute Gasteiger partial charge is 0.232 e. The maximum atomic E-state index is 12.6. The molecule has 0 radical (unpaired) electrons. The molecule has 3 rings (SSSR count). The van der Waals surface area contributed by atoms with Gasteiger partial charge in [-0.2, -0.15) is 5.26 Å². The topological polar surface area (TPSA) is 77.8 Å². The van der Waals surface area contributed by atoms with E-state index in [1.165, 1.54) is 37.0 Å².